The van der Waals surface area contributed by atoms with Crippen LogP contribution in [-0.4, -0.2) is 25.0 Å². The molecule has 0 aliphatic heterocycles. The zero-order chi connectivity index (χ0) is 8.70. The number of rotatable bonds is 2. The normalized spacial score (nSPS) is 36.3. The van der Waals surface area contributed by atoms with E-state index in [1.165, 1.54) is 0 Å². The Balaban J connectivity index is 2.81. The van der Waals surface area contributed by atoms with Crippen molar-refractivity contribution in [2.45, 2.75) is 24.1 Å². The quantitative estimate of drug-likeness (QED) is 0.606. The van der Waals surface area contributed by atoms with Gasteiger partial charge in [-0.1, -0.05) is 6.92 Å². The second-order valence-corrected chi connectivity index (χ2v) is 5.27. The Bertz CT molecular complexity index is 303. The number of sulfone groups is 1. The Labute approximate surface area is 65.9 Å². The van der Waals surface area contributed by atoms with Gasteiger partial charge in [-0.3, -0.25) is 0 Å². The van der Waals surface area contributed by atoms with Crippen LogP contribution in [-0.2, 0) is 9.84 Å². The van der Waals surface area contributed by atoms with Gasteiger partial charge in [-0.05, 0) is 6.42 Å². The second kappa shape index (κ2) is 2.19. The zero-order valence-corrected chi connectivity index (χ0v) is 7.06. The lowest BCUT2D eigenvalue weighted by molar-refractivity contribution is 0.593. The molecule has 1 fully saturated rings. The van der Waals surface area contributed by atoms with Crippen molar-refractivity contribution >= 4 is 9.84 Å². The first-order valence-corrected chi connectivity index (χ1v) is 5.09. The topological polar surface area (TPSA) is 83.9 Å². The van der Waals surface area contributed by atoms with Crippen molar-refractivity contribution < 1.29 is 8.42 Å². The van der Waals surface area contributed by atoms with Crippen molar-refractivity contribution in [2.24, 2.45) is 5.73 Å². The molecule has 0 aromatic carbocycles. The average molecular weight is 174 g/mol. The summed E-state index contributed by atoms with van der Waals surface area (Å²) in [7, 11) is -3.09. The first kappa shape index (κ1) is 8.50. The van der Waals surface area contributed by atoms with Crippen LogP contribution in [0.1, 0.15) is 13.3 Å². The molecule has 5 heteroatoms. The highest BCUT2D eigenvalue weighted by atomic mass is 32.2. The van der Waals surface area contributed by atoms with Gasteiger partial charge in [-0.25, -0.2) is 8.42 Å². The van der Waals surface area contributed by atoms with Crippen LogP contribution in [0.4, 0.5) is 0 Å². The van der Waals surface area contributed by atoms with Crippen molar-refractivity contribution in [3.8, 4) is 6.07 Å². The summed E-state index contributed by atoms with van der Waals surface area (Å²) in [6.45, 7) is 1.56. The predicted molar refractivity (Wildman–Crippen MR) is 40.4 cm³/mol. The molecule has 4 nitrogen and oxygen atoms in total. The predicted octanol–water partition coefficient (Wildman–Crippen LogP) is -0.586. The van der Waals surface area contributed by atoms with Gasteiger partial charge in [0.05, 0.1) is 11.3 Å². The SMILES string of the molecule is CCS(=O)(=O)C1CC1(N)C#N. The molecule has 0 spiro atoms. The Hall–Kier alpha value is -0.600. The van der Waals surface area contributed by atoms with E-state index in [-0.39, 0.29) is 5.75 Å². The van der Waals surface area contributed by atoms with E-state index < -0.39 is 20.6 Å². The third-order valence-electron chi connectivity index (χ3n) is 1.98. The fourth-order valence-corrected chi connectivity index (χ4v) is 2.64. The molecule has 0 aromatic rings. The third kappa shape index (κ3) is 1.24. The van der Waals surface area contributed by atoms with Crippen molar-refractivity contribution in [1.82, 2.24) is 0 Å². The van der Waals surface area contributed by atoms with E-state index in [0.29, 0.717) is 6.42 Å². The lowest BCUT2D eigenvalue weighted by Crippen LogP contribution is -2.29. The van der Waals surface area contributed by atoms with Gasteiger partial charge < -0.3 is 5.73 Å². The van der Waals surface area contributed by atoms with Gasteiger partial charge in [0.1, 0.15) is 5.54 Å². The molecule has 62 valence electrons. The summed E-state index contributed by atoms with van der Waals surface area (Å²) < 4.78 is 22.2. The van der Waals surface area contributed by atoms with Gasteiger partial charge in [0.2, 0.25) is 0 Å². The maximum atomic E-state index is 11.1. The Morgan fingerprint density at radius 2 is 2.36 bits per heavy atom. The van der Waals surface area contributed by atoms with Crippen LogP contribution in [0.15, 0.2) is 0 Å². The molecule has 1 rings (SSSR count). The second-order valence-electron chi connectivity index (χ2n) is 2.80. The lowest BCUT2D eigenvalue weighted by atomic mass is 10.3. The molecule has 0 amide bonds. The van der Waals surface area contributed by atoms with Crippen LogP contribution < -0.4 is 5.73 Å². The molecule has 0 radical (unpaired) electrons. The van der Waals surface area contributed by atoms with Crippen LogP contribution in [0.3, 0.4) is 0 Å². The third-order valence-corrected chi connectivity index (χ3v) is 4.24. The summed E-state index contributed by atoms with van der Waals surface area (Å²) in [4.78, 5) is 0. The van der Waals surface area contributed by atoms with Crippen LogP contribution in [0, 0.1) is 11.3 Å². The zero-order valence-electron chi connectivity index (χ0n) is 6.24. The van der Waals surface area contributed by atoms with E-state index in [1.54, 1.807) is 13.0 Å². The Morgan fingerprint density at radius 1 is 1.82 bits per heavy atom. The molecule has 0 bridgehead atoms. The molecule has 1 saturated carbocycles. The van der Waals surface area contributed by atoms with Gasteiger partial charge >= 0.3 is 0 Å². The molecule has 2 unspecified atom stereocenters. The molecule has 0 aromatic heterocycles. The number of hydrogen-bond acceptors (Lipinski definition) is 4. The summed E-state index contributed by atoms with van der Waals surface area (Å²) in [6, 6.07) is 1.80. The average Bonchev–Trinajstić information content (AvgIpc) is 2.65. The minimum absolute atomic E-state index is 0.0678. The molecule has 2 N–H and O–H groups in total. The fourth-order valence-electron chi connectivity index (χ4n) is 1.01. The molecular weight excluding hydrogens is 164 g/mol. The Kier molecular flexibility index (Phi) is 1.69. The number of hydrogen-bond donors (Lipinski definition) is 1. The maximum absolute atomic E-state index is 11.1. The van der Waals surface area contributed by atoms with Crippen molar-refractivity contribution in [3.05, 3.63) is 0 Å². The van der Waals surface area contributed by atoms with Crippen LogP contribution >= 0.6 is 0 Å². The lowest BCUT2D eigenvalue weighted by Gasteiger charge is -1.99. The smallest absolute Gasteiger partial charge is 0.155 e. The van der Waals surface area contributed by atoms with Gasteiger partial charge in [0.15, 0.2) is 9.84 Å². The van der Waals surface area contributed by atoms with Gasteiger partial charge in [0, 0.05) is 5.75 Å². The highest BCUT2D eigenvalue weighted by molar-refractivity contribution is 7.92. The van der Waals surface area contributed by atoms with Crippen molar-refractivity contribution in [1.29, 1.82) is 5.26 Å². The van der Waals surface area contributed by atoms with Crippen molar-refractivity contribution in [2.75, 3.05) is 5.75 Å². The van der Waals surface area contributed by atoms with E-state index in [1.807, 2.05) is 0 Å². The molecule has 2 atom stereocenters. The molecule has 11 heavy (non-hydrogen) atoms. The Morgan fingerprint density at radius 3 is 2.64 bits per heavy atom. The molecule has 0 saturated heterocycles. The summed E-state index contributed by atoms with van der Waals surface area (Å²) in [5.74, 6) is 0.0678. The summed E-state index contributed by atoms with van der Waals surface area (Å²) in [5.41, 5.74) is 4.32. The largest absolute Gasteiger partial charge is 0.312 e. The molecule has 0 heterocycles. The minimum Gasteiger partial charge on any atom is -0.312 e. The van der Waals surface area contributed by atoms with E-state index >= 15 is 0 Å². The summed E-state index contributed by atoms with van der Waals surface area (Å²) >= 11 is 0. The summed E-state index contributed by atoms with van der Waals surface area (Å²) in [5, 5.41) is 7.83. The van der Waals surface area contributed by atoms with E-state index in [0.717, 1.165) is 0 Å². The van der Waals surface area contributed by atoms with E-state index in [4.69, 9.17) is 11.0 Å². The molecular formula is C6H10N2O2S. The van der Waals surface area contributed by atoms with Gasteiger partial charge in [-0.2, -0.15) is 5.26 Å². The standard InChI is InChI=1S/C6H10N2O2S/c1-2-11(9,10)5-3-6(5,8)4-7/h5H,2-3,8H2,1H3. The first-order valence-electron chi connectivity index (χ1n) is 3.38. The van der Waals surface area contributed by atoms with E-state index in [9.17, 15) is 8.42 Å². The fraction of sp³-hybridized carbons (Fsp3) is 0.833. The van der Waals surface area contributed by atoms with Crippen LogP contribution in [0.25, 0.3) is 0 Å². The molecule has 1 aliphatic carbocycles. The molecule has 1 aliphatic rings. The number of nitrogens with two attached hydrogens (primary N) is 1. The van der Waals surface area contributed by atoms with Crippen LogP contribution in [0.2, 0.25) is 0 Å². The van der Waals surface area contributed by atoms with Gasteiger partial charge in [-0.15, -0.1) is 0 Å². The number of nitriles is 1. The maximum Gasteiger partial charge on any atom is 0.155 e. The van der Waals surface area contributed by atoms with Gasteiger partial charge in [0.25, 0.3) is 0 Å². The summed E-state index contributed by atoms with van der Waals surface area (Å²) in [6.07, 6.45) is 0.291. The highest BCUT2D eigenvalue weighted by Gasteiger charge is 2.58. The van der Waals surface area contributed by atoms with Crippen molar-refractivity contribution in [3.63, 3.8) is 0 Å². The monoisotopic (exact) mass is 174 g/mol. The number of nitrogens with zero attached hydrogens (tertiary/aromatic N) is 1. The highest BCUT2D eigenvalue weighted by Crippen LogP contribution is 2.39. The first-order chi connectivity index (χ1) is 4.96. The van der Waals surface area contributed by atoms with E-state index in [2.05, 4.69) is 0 Å². The minimum atomic E-state index is -3.09. The van der Waals surface area contributed by atoms with Crippen LogP contribution in [0.5, 0.6) is 0 Å².